The number of hydrogen-bond donors (Lipinski definition) is 1. The average molecular weight is 314 g/mol. The molecule has 0 radical (unpaired) electrons. The van der Waals surface area contributed by atoms with Crippen molar-refractivity contribution in [1.82, 2.24) is 4.90 Å². The van der Waals surface area contributed by atoms with E-state index in [0.717, 1.165) is 12.8 Å². The number of rotatable bonds is 5. The number of carbonyl (C=O) groups excluding carboxylic acids is 1. The lowest BCUT2D eigenvalue weighted by atomic mass is 10.3. The minimum Gasteiger partial charge on any atom is -0.480 e. The smallest absolute Gasteiger partial charge is 0.323 e. The zero-order valence-electron chi connectivity index (χ0n) is 9.51. The molecule has 5 nitrogen and oxygen atoms in total. The van der Waals surface area contributed by atoms with Gasteiger partial charge in [-0.05, 0) is 47.0 Å². The number of nitrogens with zero attached hydrogens (tertiary/aromatic N) is 1. The molecule has 1 amide bonds. The van der Waals surface area contributed by atoms with Crippen LogP contribution in [-0.2, 0) is 9.59 Å². The maximum absolute atomic E-state index is 11.9. The minimum atomic E-state index is -0.996. The minimum absolute atomic E-state index is 0.0709. The Morgan fingerprint density at radius 2 is 2.22 bits per heavy atom. The van der Waals surface area contributed by atoms with E-state index in [1.165, 1.54) is 17.1 Å². The molecule has 0 spiro atoms. The fourth-order valence-corrected chi connectivity index (χ4v) is 1.90. The summed E-state index contributed by atoms with van der Waals surface area (Å²) in [5, 5.41) is 8.76. The summed E-state index contributed by atoms with van der Waals surface area (Å²) >= 11 is 3.16. The van der Waals surface area contributed by atoms with E-state index in [0.29, 0.717) is 10.4 Å². The number of aliphatic carboxylic acids is 1. The number of halogens is 1. The highest BCUT2D eigenvalue weighted by Gasteiger charge is 2.32. The van der Waals surface area contributed by atoms with Crippen molar-refractivity contribution < 1.29 is 19.1 Å². The number of carbonyl (C=O) groups is 2. The van der Waals surface area contributed by atoms with Crippen molar-refractivity contribution in [3.63, 3.8) is 0 Å². The number of carboxylic acid groups (broad SMARTS) is 1. The second-order valence-electron chi connectivity index (χ2n) is 4.07. The third kappa shape index (κ3) is 3.46. The standard InChI is InChI=1S/C12H12BrNO4/c13-10-5-3-9(18-10)4-6-11(15)14(7-12(16)17)8-1-2-8/h3-6,8H,1-2,7H2,(H,16,17)/b6-4+. The molecule has 96 valence electrons. The lowest BCUT2D eigenvalue weighted by Gasteiger charge is -2.17. The maximum atomic E-state index is 11.9. The van der Waals surface area contributed by atoms with Gasteiger partial charge in [0.2, 0.25) is 5.91 Å². The SMILES string of the molecule is O=C(O)CN(C(=O)/C=C/c1ccc(Br)o1)C1CC1. The summed E-state index contributed by atoms with van der Waals surface area (Å²) in [4.78, 5) is 23.9. The molecule has 0 aromatic carbocycles. The third-order valence-corrected chi connectivity index (χ3v) is 2.99. The Bertz CT molecular complexity index is 490. The predicted molar refractivity (Wildman–Crippen MR) is 67.8 cm³/mol. The molecule has 1 aromatic rings. The van der Waals surface area contributed by atoms with Crippen LogP contribution in [0, 0.1) is 0 Å². The number of furan rings is 1. The van der Waals surface area contributed by atoms with Crippen LogP contribution in [0.3, 0.4) is 0 Å². The monoisotopic (exact) mass is 313 g/mol. The van der Waals surface area contributed by atoms with E-state index in [2.05, 4.69) is 15.9 Å². The fraction of sp³-hybridized carbons (Fsp3) is 0.333. The summed E-state index contributed by atoms with van der Waals surface area (Å²) in [6.07, 6.45) is 4.62. The lowest BCUT2D eigenvalue weighted by Crippen LogP contribution is -2.36. The normalized spacial score (nSPS) is 14.9. The Kier molecular flexibility index (Phi) is 3.86. The van der Waals surface area contributed by atoms with E-state index >= 15 is 0 Å². The molecule has 6 heteroatoms. The zero-order chi connectivity index (χ0) is 13.1. The first-order chi connectivity index (χ1) is 8.56. The molecule has 1 aromatic heterocycles. The molecule has 0 saturated heterocycles. The van der Waals surface area contributed by atoms with Gasteiger partial charge in [0.15, 0.2) is 4.67 Å². The molecule has 0 bridgehead atoms. The van der Waals surface area contributed by atoms with E-state index in [4.69, 9.17) is 9.52 Å². The van der Waals surface area contributed by atoms with Crippen LogP contribution in [-0.4, -0.2) is 34.5 Å². The highest BCUT2D eigenvalue weighted by atomic mass is 79.9. The van der Waals surface area contributed by atoms with Gasteiger partial charge < -0.3 is 14.4 Å². The topological polar surface area (TPSA) is 70.8 Å². The molecule has 0 aliphatic heterocycles. The molecule has 18 heavy (non-hydrogen) atoms. The van der Waals surface area contributed by atoms with Gasteiger partial charge in [-0.15, -0.1) is 0 Å². The van der Waals surface area contributed by atoms with Crippen LogP contribution >= 0.6 is 15.9 Å². The maximum Gasteiger partial charge on any atom is 0.323 e. The highest BCUT2D eigenvalue weighted by molar-refractivity contribution is 9.10. The lowest BCUT2D eigenvalue weighted by molar-refractivity contribution is -0.143. The van der Waals surface area contributed by atoms with Gasteiger partial charge in [-0.2, -0.15) is 0 Å². The van der Waals surface area contributed by atoms with Gasteiger partial charge in [0.25, 0.3) is 0 Å². The molecular formula is C12H12BrNO4. The zero-order valence-corrected chi connectivity index (χ0v) is 11.1. The summed E-state index contributed by atoms with van der Waals surface area (Å²) in [6, 6.07) is 3.51. The van der Waals surface area contributed by atoms with Gasteiger partial charge in [0.05, 0.1) is 0 Å². The predicted octanol–water partition coefficient (Wildman–Crippen LogP) is 2.13. The van der Waals surface area contributed by atoms with E-state index in [-0.39, 0.29) is 18.5 Å². The first-order valence-electron chi connectivity index (χ1n) is 5.52. The summed E-state index contributed by atoms with van der Waals surface area (Å²) in [5.74, 6) is -0.752. The van der Waals surface area contributed by atoms with E-state index in [1.807, 2.05) is 0 Å². The molecule has 1 fully saturated rings. The second kappa shape index (κ2) is 5.39. The highest BCUT2D eigenvalue weighted by Crippen LogP contribution is 2.27. The summed E-state index contributed by atoms with van der Waals surface area (Å²) < 4.78 is 5.80. The average Bonchev–Trinajstić information content (AvgIpc) is 3.06. The van der Waals surface area contributed by atoms with Crippen molar-refractivity contribution in [3.05, 3.63) is 28.6 Å². The van der Waals surface area contributed by atoms with Gasteiger partial charge in [-0.1, -0.05) is 0 Å². The molecular weight excluding hydrogens is 302 g/mol. The molecule has 0 atom stereocenters. The molecule has 1 aliphatic rings. The number of hydrogen-bond acceptors (Lipinski definition) is 3. The molecule has 2 rings (SSSR count). The Balaban J connectivity index is 2.00. The molecule has 0 unspecified atom stereocenters. The molecule has 1 heterocycles. The third-order valence-electron chi connectivity index (χ3n) is 2.56. The van der Waals surface area contributed by atoms with Crippen LogP contribution in [0.25, 0.3) is 6.08 Å². The van der Waals surface area contributed by atoms with Crippen LogP contribution in [0.15, 0.2) is 27.3 Å². The van der Waals surface area contributed by atoms with E-state index in [9.17, 15) is 9.59 Å². The quantitative estimate of drug-likeness (QED) is 0.845. The fourth-order valence-electron chi connectivity index (χ4n) is 1.59. The van der Waals surface area contributed by atoms with Crippen molar-refractivity contribution in [2.45, 2.75) is 18.9 Å². The Labute approximate surface area is 112 Å². The first kappa shape index (κ1) is 12.9. The van der Waals surface area contributed by atoms with Gasteiger partial charge in [0, 0.05) is 12.1 Å². The van der Waals surface area contributed by atoms with Gasteiger partial charge in [0.1, 0.15) is 12.3 Å². The van der Waals surface area contributed by atoms with Crippen LogP contribution in [0.4, 0.5) is 0 Å². The van der Waals surface area contributed by atoms with Crippen LogP contribution < -0.4 is 0 Å². The largest absolute Gasteiger partial charge is 0.480 e. The van der Waals surface area contributed by atoms with Crippen LogP contribution in [0.1, 0.15) is 18.6 Å². The van der Waals surface area contributed by atoms with E-state index < -0.39 is 5.97 Å². The van der Waals surface area contributed by atoms with Crippen molar-refractivity contribution >= 4 is 33.9 Å². The first-order valence-corrected chi connectivity index (χ1v) is 6.31. The van der Waals surface area contributed by atoms with Gasteiger partial charge in [-0.25, -0.2) is 0 Å². The Hall–Kier alpha value is -1.56. The molecule has 1 N–H and O–H groups in total. The Morgan fingerprint density at radius 3 is 2.72 bits per heavy atom. The molecule has 1 aliphatic carbocycles. The summed E-state index contributed by atoms with van der Waals surface area (Å²) in [6.45, 7) is -0.254. The van der Waals surface area contributed by atoms with Crippen LogP contribution in [0.2, 0.25) is 0 Å². The van der Waals surface area contributed by atoms with E-state index in [1.54, 1.807) is 12.1 Å². The van der Waals surface area contributed by atoms with Crippen molar-refractivity contribution in [1.29, 1.82) is 0 Å². The molecule has 1 saturated carbocycles. The van der Waals surface area contributed by atoms with Gasteiger partial charge in [-0.3, -0.25) is 9.59 Å². The van der Waals surface area contributed by atoms with Crippen molar-refractivity contribution in [2.24, 2.45) is 0 Å². The van der Waals surface area contributed by atoms with Crippen molar-refractivity contribution in [3.8, 4) is 0 Å². The second-order valence-corrected chi connectivity index (χ2v) is 4.85. The van der Waals surface area contributed by atoms with Gasteiger partial charge >= 0.3 is 5.97 Å². The summed E-state index contributed by atoms with van der Waals surface area (Å²) in [7, 11) is 0. The number of amides is 1. The Morgan fingerprint density at radius 1 is 1.50 bits per heavy atom. The van der Waals surface area contributed by atoms with Crippen molar-refractivity contribution in [2.75, 3.05) is 6.54 Å². The van der Waals surface area contributed by atoms with Crippen LogP contribution in [0.5, 0.6) is 0 Å². The number of carboxylic acids is 1. The summed E-state index contributed by atoms with van der Waals surface area (Å²) in [5.41, 5.74) is 0.